The van der Waals surface area contributed by atoms with E-state index in [9.17, 15) is 9.59 Å². The van der Waals surface area contributed by atoms with Crippen LogP contribution in [0.5, 0.6) is 0 Å². The minimum Gasteiger partial charge on any atom is -0.377 e. The lowest BCUT2D eigenvalue weighted by Crippen LogP contribution is -2.44. The summed E-state index contributed by atoms with van der Waals surface area (Å²) in [6.07, 6.45) is 0. The molecule has 1 saturated heterocycles. The van der Waals surface area contributed by atoms with Crippen LogP contribution in [0.1, 0.15) is 33.8 Å². The summed E-state index contributed by atoms with van der Waals surface area (Å²) in [4.78, 5) is 31.2. The molecule has 0 bridgehead atoms. The summed E-state index contributed by atoms with van der Waals surface area (Å²) in [6, 6.07) is 8.29. The number of carbonyl (C=O) groups excluding carboxylic acids is 1. The molecule has 1 aliphatic rings. The summed E-state index contributed by atoms with van der Waals surface area (Å²) >= 11 is 0. The highest BCUT2D eigenvalue weighted by Crippen LogP contribution is 2.23. The number of amides is 1. The minimum atomic E-state index is -0.463. The Kier molecular flexibility index (Phi) is 4.36. The second-order valence-corrected chi connectivity index (χ2v) is 6.44. The van der Waals surface area contributed by atoms with Gasteiger partial charge in [0.1, 0.15) is 11.7 Å². The van der Waals surface area contributed by atoms with E-state index in [1.165, 1.54) is 10.7 Å². The van der Waals surface area contributed by atoms with Gasteiger partial charge < -0.3 is 14.2 Å². The largest absolute Gasteiger partial charge is 0.377 e. The maximum Gasteiger partial charge on any atom is 0.272 e. The minimum absolute atomic E-state index is 0.202. The number of aromatic amines is 1. The zero-order valence-electron chi connectivity index (χ0n) is 15.0. The fourth-order valence-electron chi connectivity index (χ4n) is 3.06. The SMILES string of the molecule is Cc1ccc(-n2[nH]c(C(=O)N3CCOCC3c3noc(C)n3)cc2=O)cc1. The quantitative estimate of drug-likeness (QED) is 0.748. The van der Waals surface area contributed by atoms with Gasteiger partial charge in [-0.05, 0) is 19.1 Å². The summed E-state index contributed by atoms with van der Waals surface area (Å²) in [5, 5.41) is 6.81. The molecule has 3 heterocycles. The summed E-state index contributed by atoms with van der Waals surface area (Å²) < 4.78 is 11.9. The number of aryl methyl sites for hydroxylation is 2. The number of carbonyl (C=O) groups is 1. The molecular weight excluding hydrogens is 350 g/mol. The molecule has 0 aliphatic carbocycles. The van der Waals surface area contributed by atoms with Crippen molar-refractivity contribution in [3.05, 3.63) is 63.7 Å². The molecule has 1 atom stereocenters. The van der Waals surface area contributed by atoms with Crippen LogP contribution in [-0.2, 0) is 4.74 Å². The Balaban J connectivity index is 1.64. The predicted octanol–water partition coefficient (Wildman–Crippen LogP) is 1.38. The van der Waals surface area contributed by atoms with Gasteiger partial charge in [0.15, 0.2) is 5.82 Å². The van der Waals surface area contributed by atoms with Crippen LogP contribution >= 0.6 is 0 Å². The molecule has 9 nitrogen and oxygen atoms in total. The molecule has 1 fully saturated rings. The molecule has 2 aromatic heterocycles. The van der Waals surface area contributed by atoms with E-state index in [4.69, 9.17) is 9.26 Å². The van der Waals surface area contributed by atoms with Crippen molar-refractivity contribution < 1.29 is 14.1 Å². The Hall–Kier alpha value is -3.20. The summed E-state index contributed by atoms with van der Waals surface area (Å²) in [6.45, 7) is 4.70. The fourth-order valence-corrected chi connectivity index (χ4v) is 3.06. The van der Waals surface area contributed by atoms with Gasteiger partial charge in [-0.25, -0.2) is 4.68 Å². The maximum atomic E-state index is 13.0. The highest BCUT2D eigenvalue weighted by atomic mass is 16.5. The third-order valence-electron chi connectivity index (χ3n) is 4.47. The molecule has 1 aliphatic heterocycles. The molecule has 1 amide bonds. The number of rotatable bonds is 3. The van der Waals surface area contributed by atoms with Gasteiger partial charge in [0.05, 0.1) is 18.9 Å². The van der Waals surface area contributed by atoms with Crippen LogP contribution in [0.2, 0.25) is 0 Å². The van der Waals surface area contributed by atoms with Crippen molar-refractivity contribution in [1.29, 1.82) is 0 Å². The van der Waals surface area contributed by atoms with Gasteiger partial charge in [-0.3, -0.25) is 14.7 Å². The number of ether oxygens (including phenoxy) is 1. The first-order valence-corrected chi connectivity index (χ1v) is 8.61. The Morgan fingerprint density at radius 1 is 1.26 bits per heavy atom. The van der Waals surface area contributed by atoms with E-state index >= 15 is 0 Å². The van der Waals surface area contributed by atoms with E-state index in [-0.39, 0.29) is 23.8 Å². The van der Waals surface area contributed by atoms with Gasteiger partial charge in [0.2, 0.25) is 5.89 Å². The molecule has 0 spiro atoms. The van der Waals surface area contributed by atoms with Crippen molar-refractivity contribution in [3.8, 4) is 5.69 Å². The molecule has 0 saturated carbocycles. The first-order chi connectivity index (χ1) is 13.0. The van der Waals surface area contributed by atoms with Crippen LogP contribution in [0.4, 0.5) is 0 Å². The normalized spacial score (nSPS) is 17.3. The second-order valence-electron chi connectivity index (χ2n) is 6.44. The first kappa shape index (κ1) is 17.2. The third kappa shape index (κ3) is 3.28. The number of nitrogens with one attached hydrogen (secondary N) is 1. The van der Waals surface area contributed by atoms with Gasteiger partial charge in [-0.2, -0.15) is 4.98 Å². The van der Waals surface area contributed by atoms with Crippen LogP contribution in [0.15, 0.2) is 39.6 Å². The van der Waals surface area contributed by atoms with Crippen LogP contribution in [-0.4, -0.2) is 50.5 Å². The van der Waals surface area contributed by atoms with E-state index in [1.807, 2.05) is 31.2 Å². The van der Waals surface area contributed by atoms with E-state index in [1.54, 1.807) is 11.8 Å². The zero-order valence-corrected chi connectivity index (χ0v) is 15.0. The average molecular weight is 369 g/mol. The number of aromatic nitrogens is 4. The van der Waals surface area contributed by atoms with E-state index < -0.39 is 6.04 Å². The van der Waals surface area contributed by atoms with Gasteiger partial charge in [0.25, 0.3) is 11.5 Å². The molecule has 1 N–H and O–H groups in total. The van der Waals surface area contributed by atoms with Crippen LogP contribution in [0.3, 0.4) is 0 Å². The smallest absolute Gasteiger partial charge is 0.272 e. The number of morpholine rings is 1. The molecule has 140 valence electrons. The van der Waals surface area contributed by atoms with E-state index in [2.05, 4.69) is 15.2 Å². The molecular formula is C18H19N5O4. The lowest BCUT2D eigenvalue weighted by molar-refractivity contribution is -0.00609. The first-order valence-electron chi connectivity index (χ1n) is 8.61. The maximum absolute atomic E-state index is 13.0. The summed E-state index contributed by atoms with van der Waals surface area (Å²) in [7, 11) is 0. The standard InChI is InChI=1S/C18H19N5O4/c1-11-3-5-13(6-4-11)23-16(24)9-14(20-23)18(25)22-7-8-26-10-15(22)17-19-12(2)27-21-17/h3-6,9,15,20H,7-8,10H2,1-2H3. The summed E-state index contributed by atoms with van der Waals surface area (Å²) in [5.74, 6) is 0.497. The molecule has 1 unspecified atom stereocenters. The van der Waals surface area contributed by atoms with Crippen molar-refractivity contribution in [1.82, 2.24) is 24.8 Å². The molecule has 27 heavy (non-hydrogen) atoms. The lowest BCUT2D eigenvalue weighted by Gasteiger charge is -2.33. The highest BCUT2D eigenvalue weighted by molar-refractivity contribution is 5.92. The van der Waals surface area contributed by atoms with E-state index in [0.717, 1.165) is 5.56 Å². The molecule has 9 heteroatoms. The third-order valence-corrected chi connectivity index (χ3v) is 4.47. The monoisotopic (exact) mass is 369 g/mol. The van der Waals surface area contributed by atoms with Gasteiger partial charge >= 0.3 is 0 Å². The van der Waals surface area contributed by atoms with Gasteiger partial charge in [-0.15, -0.1) is 0 Å². The van der Waals surface area contributed by atoms with Crippen LogP contribution in [0.25, 0.3) is 5.69 Å². The number of hydrogen-bond acceptors (Lipinski definition) is 6. The fraction of sp³-hybridized carbons (Fsp3) is 0.333. The second kappa shape index (κ2) is 6.84. The van der Waals surface area contributed by atoms with Crippen molar-refractivity contribution in [2.24, 2.45) is 0 Å². The van der Waals surface area contributed by atoms with Gasteiger partial charge in [0, 0.05) is 19.5 Å². The Morgan fingerprint density at radius 3 is 2.74 bits per heavy atom. The van der Waals surface area contributed by atoms with Crippen LogP contribution in [0, 0.1) is 13.8 Å². The van der Waals surface area contributed by atoms with E-state index in [0.29, 0.717) is 30.6 Å². The molecule has 1 aromatic carbocycles. The average Bonchev–Trinajstić information content (AvgIpc) is 3.28. The topological polar surface area (TPSA) is 106 Å². The van der Waals surface area contributed by atoms with Crippen LogP contribution < -0.4 is 5.56 Å². The van der Waals surface area contributed by atoms with Gasteiger partial charge in [-0.1, -0.05) is 22.9 Å². The number of nitrogens with zero attached hydrogens (tertiary/aromatic N) is 4. The predicted molar refractivity (Wildman–Crippen MR) is 94.8 cm³/mol. The van der Waals surface area contributed by atoms with Crippen molar-refractivity contribution in [2.45, 2.75) is 19.9 Å². The Morgan fingerprint density at radius 2 is 2.04 bits per heavy atom. The molecule has 0 radical (unpaired) electrons. The lowest BCUT2D eigenvalue weighted by atomic mass is 10.2. The Labute approximate surface area is 154 Å². The van der Waals surface area contributed by atoms with Crippen molar-refractivity contribution in [2.75, 3.05) is 19.8 Å². The summed E-state index contributed by atoms with van der Waals surface area (Å²) in [5.41, 5.74) is 1.65. The zero-order chi connectivity index (χ0) is 19.0. The van der Waals surface area contributed by atoms with Crippen molar-refractivity contribution in [3.63, 3.8) is 0 Å². The number of H-pyrrole nitrogens is 1. The number of benzene rings is 1. The molecule has 4 rings (SSSR count). The Bertz CT molecular complexity index is 1020. The van der Waals surface area contributed by atoms with Crippen molar-refractivity contribution >= 4 is 5.91 Å². The highest BCUT2D eigenvalue weighted by Gasteiger charge is 2.33. The molecule has 3 aromatic rings. The number of hydrogen-bond donors (Lipinski definition) is 1.